The third-order valence-electron chi connectivity index (χ3n) is 0. The minimum absolute atomic E-state index is 0. The molecule has 1 nitrogen and oxygen atoms in total. The van der Waals surface area contributed by atoms with E-state index in [1.807, 2.05) is 0 Å². The molecule has 0 unspecified atom stereocenters. The Kier molecular flexibility index (Phi) is 27.9. The maximum absolute atomic E-state index is 2.12. The van der Waals surface area contributed by atoms with Crippen LogP contribution >= 0.6 is 0 Å². The second kappa shape index (κ2) is 12.3. The molecule has 0 aliphatic rings. The first-order chi connectivity index (χ1) is 1.41. The first kappa shape index (κ1) is 9.03. The van der Waals surface area contributed by atoms with Crippen LogP contribution < -0.4 is 0 Å². The quantitative estimate of drug-likeness (QED) is 0.396. The first-order valence-corrected chi connectivity index (χ1v) is 1.41. The van der Waals surface area contributed by atoms with Gasteiger partial charge in [-0.3, -0.25) is 0 Å². The lowest BCUT2D eigenvalue weighted by Crippen LogP contribution is -1.27. The Bertz CT molecular complexity index is 6.85. The molecule has 0 aliphatic carbocycles. The predicted octanol–water partition coefficient (Wildman–Crippen LogP) is 0.704. The Morgan fingerprint density at radius 2 is 1.50 bits per heavy atom. The van der Waals surface area contributed by atoms with Gasteiger partial charge in [-0.25, -0.2) is 0 Å². The SMILES string of the molecule is CCC.O.[H+]. The molecule has 0 bridgehead atoms. The zero-order valence-electron chi connectivity index (χ0n) is 4.21. The van der Waals surface area contributed by atoms with Crippen molar-refractivity contribution in [3.63, 3.8) is 0 Å². The molecule has 0 heterocycles. The second-order valence-electron chi connectivity index (χ2n) is 0.707. The lowest BCUT2D eigenvalue weighted by molar-refractivity contribution is 0.824. The van der Waals surface area contributed by atoms with Gasteiger partial charge in [0.05, 0.1) is 0 Å². The molecule has 0 amide bonds. The van der Waals surface area contributed by atoms with Gasteiger partial charge in [0.2, 0.25) is 0 Å². The lowest BCUT2D eigenvalue weighted by atomic mass is 10.6. The Labute approximate surface area is 28.4 Å². The van der Waals surface area contributed by atoms with Crippen LogP contribution in [0.4, 0.5) is 0 Å². The summed E-state index contributed by atoms with van der Waals surface area (Å²) in [6, 6.07) is 0. The van der Waals surface area contributed by atoms with Crippen molar-refractivity contribution < 1.29 is 6.90 Å². The van der Waals surface area contributed by atoms with Crippen LogP contribution in [-0.2, 0) is 0 Å². The highest BCUT2D eigenvalue weighted by molar-refractivity contribution is 3.92. The Balaban J connectivity index is -0.0000000200. The van der Waals surface area contributed by atoms with E-state index >= 15 is 0 Å². The largest absolute Gasteiger partial charge is 1.00 e. The van der Waals surface area contributed by atoms with Gasteiger partial charge in [0.25, 0.3) is 0 Å². The molecule has 0 rings (SSSR count). The standard InChI is InChI=1S/C3H8.H2O/c1-3-2;/h3H2,1-2H3;1H2/p+1. The van der Waals surface area contributed by atoms with Crippen LogP contribution in [0.1, 0.15) is 21.7 Å². The summed E-state index contributed by atoms with van der Waals surface area (Å²) in [4.78, 5) is 0. The van der Waals surface area contributed by atoms with E-state index in [1.165, 1.54) is 6.42 Å². The van der Waals surface area contributed by atoms with Crippen molar-refractivity contribution in [3.8, 4) is 0 Å². The lowest BCUT2D eigenvalue weighted by Gasteiger charge is -1.48. The van der Waals surface area contributed by atoms with Gasteiger partial charge >= 0.3 is 1.43 Å². The molecule has 0 aromatic rings. The van der Waals surface area contributed by atoms with E-state index in [9.17, 15) is 0 Å². The molecule has 0 atom stereocenters. The fourth-order valence-electron chi connectivity index (χ4n) is 0. The van der Waals surface area contributed by atoms with Gasteiger partial charge in [0, 0.05) is 0 Å². The van der Waals surface area contributed by atoms with Crippen molar-refractivity contribution in [1.29, 1.82) is 0 Å². The summed E-state index contributed by atoms with van der Waals surface area (Å²) in [6.45, 7) is 4.25. The zero-order valence-corrected chi connectivity index (χ0v) is 3.21. The molecule has 0 radical (unpaired) electrons. The average Bonchev–Trinajstić information content (AvgIpc) is 0.918. The van der Waals surface area contributed by atoms with Gasteiger partial charge in [-0.05, 0) is 0 Å². The Hall–Kier alpha value is -0.0400. The van der Waals surface area contributed by atoms with Crippen LogP contribution in [0.3, 0.4) is 0 Å². The normalized spacial score (nSPS) is 4.50. The molecule has 4 heavy (non-hydrogen) atoms. The van der Waals surface area contributed by atoms with Crippen molar-refractivity contribution in [3.05, 3.63) is 0 Å². The molecule has 0 aromatic heterocycles. The Morgan fingerprint density at radius 1 is 1.50 bits per heavy atom. The van der Waals surface area contributed by atoms with Crippen molar-refractivity contribution >= 4 is 0 Å². The molecule has 2 N–H and O–H groups in total. The van der Waals surface area contributed by atoms with Crippen molar-refractivity contribution in [1.82, 2.24) is 0 Å². The molecule has 1 heteroatoms. The molecule has 0 spiro atoms. The molecule has 0 fully saturated rings. The number of hydrogen-bond acceptors (Lipinski definition) is 0. The van der Waals surface area contributed by atoms with Crippen molar-refractivity contribution in [2.45, 2.75) is 20.3 Å². The summed E-state index contributed by atoms with van der Waals surface area (Å²) in [5.74, 6) is 0. The highest BCUT2D eigenvalue weighted by Crippen LogP contribution is 1.56. The van der Waals surface area contributed by atoms with E-state index in [2.05, 4.69) is 13.8 Å². The summed E-state index contributed by atoms with van der Waals surface area (Å²) in [6.07, 6.45) is 1.25. The van der Waals surface area contributed by atoms with Crippen LogP contribution in [0.5, 0.6) is 0 Å². The molecular formula is C3H11O+. The predicted molar refractivity (Wildman–Crippen MR) is 20.7 cm³/mol. The van der Waals surface area contributed by atoms with Gasteiger partial charge in [-0.1, -0.05) is 20.3 Å². The molecule has 28 valence electrons. The molecule has 0 saturated heterocycles. The van der Waals surface area contributed by atoms with E-state index in [1.54, 1.807) is 0 Å². The smallest absolute Gasteiger partial charge is 0.412 e. The third-order valence-corrected chi connectivity index (χ3v) is 0. The van der Waals surface area contributed by atoms with Crippen LogP contribution in [0.2, 0.25) is 0 Å². The Morgan fingerprint density at radius 3 is 1.50 bits per heavy atom. The van der Waals surface area contributed by atoms with Crippen LogP contribution in [0, 0.1) is 0 Å². The molecule has 0 aliphatic heterocycles. The molecule has 0 saturated carbocycles. The summed E-state index contributed by atoms with van der Waals surface area (Å²) >= 11 is 0. The minimum Gasteiger partial charge on any atom is -0.412 e. The highest BCUT2D eigenvalue weighted by Gasteiger charge is 1.35. The van der Waals surface area contributed by atoms with Crippen molar-refractivity contribution in [2.75, 3.05) is 0 Å². The second-order valence-corrected chi connectivity index (χ2v) is 0.707. The van der Waals surface area contributed by atoms with Gasteiger partial charge in [-0.15, -0.1) is 0 Å². The monoisotopic (exact) mass is 63.1 g/mol. The van der Waals surface area contributed by atoms with Gasteiger partial charge < -0.3 is 5.48 Å². The minimum atomic E-state index is 0. The van der Waals surface area contributed by atoms with Crippen LogP contribution in [0.25, 0.3) is 0 Å². The van der Waals surface area contributed by atoms with Gasteiger partial charge in [0.15, 0.2) is 0 Å². The molecule has 0 aromatic carbocycles. The molecular weight excluding hydrogens is 52.0 g/mol. The van der Waals surface area contributed by atoms with Gasteiger partial charge in [-0.2, -0.15) is 0 Å². The van der Waals surface area contributed by atoms with Crippen LogP contribution in [-0.4, -0.2) is 5.48 Å². The fraction of sp³-hybridized carbons (Fsp3) is 1.00. The van der Waals surface area contributed by atoms with E-state index < -0.39 is 0 Å². The number of hydrogen-bond donors (Lipinski definition) is 0. The van der Waals surface area contributed by atoms with E-state index in [4.69, 9.17) is 0 Å². The topological polar surface area (TPSA) is 31.5 Å². The summed E-state index contributed by atoms with van der Waals surface area (Å²) in [5, 5.41) is 0. The summed E-state index contributed by atoms with van der Waals surface area (Å²) < 4.78 is 0. The fourth-order valence-corrected chi connectivity index (χ4v) is 0. The third kappa shape index (κ3) is 1130. The maximum Gasteiger partial charge on any atom is 1.00 e. The van der Waals surface area contributed by atoms with Crippen LogP contribution in [0.15, 0.2) is 0 Å². The van der Waals surface area contributed by atoms with E-state index in [0.717, 1.165) is 0 Å². The average molecular weight is 63.1 g/mol. The summed E-state index contributed by atoms with van der Waals surface area (Å²) in [5.41, 5.74) is 0. The van der Waals surface area contributed by atoms with Crippen molar-refractivity contribution in [2.24, 2.45) is 0 Å². The zero-order chi connectivity index (χ0) is 2.71. The number of rotatable bonds is 0. The summed E-state index contributed by atoms with van der Waals surface area (Å²) in [7, 11) is 0. The van der Waals surface area contributed by atoms with E-state index in [0.29, 0.717) is 0 Å². The first-order valence-electron chi connectivity index (χ1n) is 1.41. The van der Waals surface area contributed by atoms with Gasteiger partial charge in [0.1, 0.15) is 0 Å². The highest BCUT2D eigenvalue weighted by atomic mass is 16.0. The maximum atomic E-state index is 2.12. The van der Waals surface area contributed by atoms with E-state index in [-0.39, 0.29) is 6.90 Å².